The van der Waals surface area contributed by atoms with Crippen LogP contribution in [0.1, 0.15) is 29.9 Å². The molecule has 0 bridgehead atoms. The van der Waals surface area contributed by atoms with Crippen LogP contribution < -0.4 is 9.64 Å². The Balaban J connectivity index is 1.52. The zero-order chi connectivity index (χ0) is 33.4. The number of likely N-dealkylation sites (tertiary alicyclic amines) is 1. The molecule has 6 atom stereocenters. The van der Waals surface area contributed by atoms with Gasteiger partial charge in [-0.25, -0.2) is 9.69 Å². The van der Waals surface area contributed by atoms with E-state index in [-0.39, 0.29) is 24.3 Å². The van der Waals surface area contributed by atoms with Crippen molar-refractivity contribution in [1.29, 1.82) is 0 Å². The summed E-state index contributed by atoms with van der Waals surface area (Å²) < 4.78 is 10.8. The minimum Gasteiger partial charge on any atom is -0.504 e. The number of carbonyl (C=O) groups excluding carboxylic acids is 5. The number of allylic oxidation sites excluding steroid dienone is 2. The number of methoxy groups -OCH3 is 2. The summed E-state index contributed by atoms with van der Waals surface area (Å²) >= 11 is 8.34. The summed E-state index contributed by atoms with van der Waals surface area (Å²) in [7, 11) is 2.53. The summed E-state index contributed by atoms with van der Waals surface area (Å²) in [5.74, 6) is -6.40. The van der Waals surface area contributed by atoms with Gasteiger partial charge in [0.1, 0.15) is 0 Å². The molecule has 1 saturated carbocycles. The van der Waals surface area contributed by atoms with Crippen molar-refractivity contribution in [2.24, 2.45) is 23.7 Å². The number of phenolic OH excluding ortho intramolecular Hbond substituents is 1. The molecule has 47 heavy (non-hydrogen) atoms. The molecule has 12 heteroatoms. The molecule has 5 amide bonds. The summed E-state index contributed by atoms with van der Waals surface area (Å²) in [6.45, 7) is 0. The number of nitrogens with zero attached hydrogens (tertiary/aromatic N) is 2. The Bertz CT molecular complexity index is 1910. The molecule has 1 N–H and O–H groups in total. The zero-order valence-electron chi connectivity index (χ0n) is 25.2. The molecule has 0 spiro atoms. The number of aromatic hydroxyl groups is 1. The van der Waals surface area contributed by atoms with Crippen LogP contribution in [0.5, 0.6) is 11.5 Å². The van der Waals surface area contributed by atoms with Crippen LogP contribution >= 0.6 is 34.2 Å². The first kappa shape index (κ1) is 31.4. The Morgan fingerprint density at radius 2 is 1.70 bits per heavy atom. The van der Waals surface area contributed by atoms with Gasteiger partial charge in [0.05, 0.1) is 46.6 Å². The van der Waals surface area contributed by atoms with Crippen LogP contribution in [0, 0.1) is 27.2 Å². The molecule has 240 valence electrons. The van der Waals surface area contributed by atoms with Gasteiger partial charge in [-0.15, -0.1) is 0 Å². The van der Waals surface area contributed by atoms with Crippen molar-refractivity contribution in [3.05, 3.63) is 98.1 Å². The monoisotopic (exact) mass is 766 g/mol. The Hall–Kier alpha value is -4.23. The predicted octanol–water partition coefficient (Wildman–Crippen LogP) is 5.59. The lowest BCUT2D eigenvalue weighted by molar-refractivity contribution is -0.138. The third-order valence-corrected chi connectivity index (χ3v) is 11.2. The Morgan fingerprint density at radius 1 is 0.957 bits per heavy atom. The van der Waals surface area contributed by atoms with Gasteiger partial charge in [-0.2, -0.15) is 4.90 Å². The van der Waals surface area contributed by atoms with Gasteiger partial charge in [0.2, 0.25) is 23.6 Å². The van der Waals surface area contributed by atoms with Gasteiger partial charge < -0.3 is 14.6 Å². The van der Waals surface area contributed by atoms with E-state index in [1.54, 1.807) is 36.4 Å². The van der Waals surface area contributed by atoms with Gasteiger partial charge in [-0.05, 0) is 82.8 Å². The molecule has 2 aliphatic carbocycles. The van der Waals surface area contributed by atoms with Crippen LogP contribution in [0.25, 0.3) is 0 Å². The number of benzene rings is 3. The number of halogens is 2. The molecule has 0 aromatic heterocycles. The largest absolute Gasteiger partial charge is 0.504 e. The van der Waals surface area contributed by atoms with Crippen molar-refractivity contribution in [3.63, 3.8) is 0 Å². The van der Waals surface area contributed by atoms with Gasteiger partial charge in [0, 0.05) is 10.9 Å². The van der Waals surface area contributed by atoms with E-state index >= 15 is 4.79 Å². The molecular weight excluding hydrogens is 739 g/mol. The Labute approximate surface area is 288 Å². The van der Waals surface area contributed by atoms with Gasteiger partial charge in [-0.1, -0.05) is 59.6 Å². The van der Waals surface area contributed by atoms with Gasteiger partial charge in [0.15, 0.2) is 11.5 Å². The number of imide groups is 4. The fourth-order valence-electron chi connectivity index (χ4n) is 8.31. The number of fused-ring (bicyclic) bond motifs is 4. The van der Waals surface area contributed by atoms with E-state index in [1.165, 1.54) is 12.0 Å². The summed E-state index contributed by atoms with van der Waals surface area (Å²) in [4.78, 5) is 71.6. The number of carbonyl (C=O) groups is 5. The van der Waals surface area contributed by atoms with Crippen LogP contribution in [0.2, 0.25) is 5.02 Å². The number of rotatable bonds is 4. The van der Waals surface area contributed by atoms with Crippen molar-refractivity contribution in [1.82, 2.24) is 4.90 Å². The molecule has 2 saturated heterocycles. The van der Waals surface area contributed by atoms with Crippen LogP contribution in [0.15, 0.2) is 78.4 Å². The molecule has 0 unspecified atom stereocenters. The molecular formula is C35H28ClIN2O8. The fraction of sp³-hybridized carbons (Fsp3) is 0.286. The first-order valence-corrected chi connectivity index (χ1v) is 16.4. The van der Waals surface area contributed by atoms with E-state index in [4.69, 9.17) is 21.1 Å². The molecule has 0 radical (unpaired) electrons. The van der Waals surface area contributed by atoms with E-state index in [2.05, 4.69) is 0 Å². The highest BCUT2D eigenvalue weighted by Gasteiger charge is 2.70. The van der Waals surface area contributed by atoms with Crippen LogP contribution in [0.3, 0.4) is 0 Å². The third-order valence-electron chi connectivity index (χ3n) is 10.1. The zero-order valence-corrected chi connectivity index (χ0v) is 28.1. The van der Waals surface area contributed by atoms with E-state index in [0.29, 0.717) is 35.9 Å². The SMILES string of the molecule is COC(=O)N1C(=O)[C@H]2[C@H](CC=C3[C@H]2C[C@H]2C(=O)N(c4cccc(Cl)c4)C(=O)[C@@]2(c2ccccc2)[C@H]3c2cc(I)c(O)c(OC)c2)C1=O. The lowest BCUT2D eigenvalue weighted by atomic mass is 9.49. The van der Waals surface area contributed by atoms with Crippen LogP contribution in [-0.4, -0.2) is 53.9 Å². The van der Waals surface area contributed by atoms with Crippen LogP contribution in [0.4, 0.5) is 10.5 Å². The number of anilines is 1. The highest BCUT2D eigenvalue weighted by molar-refractivity contribution is 14.1. The summed E-state index contributed by atoms with van der Waals surface area (Å²) in [6, 6.07) is 19.0. The van der Waals surface area contributed by atoms with E-state index in [9.17, 15) is 24.3 Å². The first-order chi connectivity index (χ1) is 22.6. The fourth-order valence-corrected chi connectivity index (χ4v) is 9.12. The maximum atomic E-state index is 15.2. The standard InChI is InChI=1S/C35H28ClIN2O8/c1-46-26-14-17(13-25(37)29(26)40)28-21-11-12-22-27(32(43)39(30(22)41)34(45)47-2)23(21)16-24-31(42)38(20-10-6-9-19(36)15-20)33(44)35(24,28)18-7-4-3-5-8-18/h3-11,13-15,22-24,27-28,40H,12,16H2,1-2H3/t22-,23+,24-,27-,28-,35+/m0/s1. The quantitative estimate of drug-likeness (QED) is 0.207. The second-order valence-electron chi connectivity index (χ2n) is 12.1. The molecule has 4 aliphatic rings. The average Bonchev–Trinajstić information content (AvgIpc) is 3.46. The summed E-state index contributed by atoms with van der Waals surface area (Å²) in [6.07, 6.45) is 1.04. The third kappa shape index (κ3) is 4.38. The first-order valence-electron chi connectivity index (χ1n) is 15.0. The highest BCUT2D eigenvalue weighted by Crippen LogP contribution is 2.65. The number of hydrogen-bond donors (Lipinski definition) is 1. The number of amides is 5. The minimum absolute atomic E-state index is 0.0698. The second-order valence-corrected chi connectivity index (χ2v) is 13.7. The van der Waals surface area contributed by atoms with Crippen molar-refractivity contribution >= 4 is 69.6 Å². The number of hydrogen-bond acceptors (Lipinski definition) is 8. The Kier molecular flexibility index (Phi) is 7.66. The van der Waals surface area contributed by atoms with Gasteiger partial charge in [-0.3, -0.25) is 19.2 Å². The van der Waals surface area contributed by atoms with E-state index in [0.717, 1.165) is 7.11 Å². The van der Waals surface area contributed by atoms with Gasteiger partial charge >= 0.3 is 6.09 Å². The summed E-state index contributed by atoms with van der Waals surface area (Å²) in [5.41, 5.74) is 0.716. The lowest BCUT2D eigenvalue weighted by Crippen LogP contribution is -2.53. The molecule has 10 nitrogen and oxygen atoms in total. The number of ether oxygens (including phenoxy) is 2. The smallest absolute Gasteiger partial charge is 0.423 e. The second kappa shape index (κ2) is 11.5. The average molecular weight is 767 g/mol. The molecule has 7 rings (SSSR count). The maximum absolute atomic E-state index is 15.2. The maximum Gasteiger partial charge on any atom is 0.423 e. The molecule has 2 heterocycles. The van der Waals surface area contributed by atoms with Gasteiger partial charge in [0.25, 0.3) is 0 Å². The Morgan fingerprint density at radius 3 is 2.38 bits per heavy atom. The van der Waals surface area contributed by atoms with E-state index < -0.39 is 64.7 Å². The minimum atomic E-state index is -1.49. The lowest BCUT2D eigenvalue weighted by Gasteiger charge is -2.50. The van der Waals surface area contributed by atoms with Crippen LogP contribution in [-0.2, 0) is 29.3 Å². The van der Waals surface area contributed by atoms with E-state index in [1.807, 2.05) is 59.0 Å². The predicted molar refractivity (Wildman–Crippen MR) is 178 cm³/mol. The van der Waals surface area contributed by atoms with Crippen molar-refractivity contribution in [3.8, 4) is 11.5 Å². The highest BCUT2D eigenvalue weighted by atomic mass is 127. The van der Waals surface area contributed by atoms with Crippen molar-refractivity contribution < 1.29 is 38.6 Å². The molecule has 3 aromatic carbocycles. The van der Waals surface area contributed by atoms with Crippen molar-refractivity contribution in [2.75, 3.05) is 19.1 Å². The molecule has 3 fully saturated rings. The molecule has 2 aliphatic heterocycles. The van der Waals surface area contributed by atoms with Crippen molar-refractivity contribution in [2.45, 2.75) is 24.2 Å². The summed E-state index contributed by atoms with van der Waals surface area (Å²) in [5, 5.41) is 11.1. The molecule has 3 aromatic rings. The normalized spacial score (nSPS) is 28.1. The topological polar surface area (TPSA) is 131 Å². The number of phenols is 1.